The van der Waals surface area contributed by atoms with E-state index in [1.165, 1.54) is 11.1 Å². The van der Waals surface area contributed by atoms with Crippen LogP contribution in [-0.2, 0) is 22.6 Å². The summed E-state index contributed by atoms with van der Waals surface area (Å²) in [6, 6.07) is 24.7. The highest BCUT2D eigenvalue weighted by Gasteiger charge is 2.29. The Kier molecular flexibility index (Phi) is 16.6. The lowest BCUT2D eigenvalue weighted by atomic mass is 10.00. The van der Waals surface area contributed by atoms with Gasteiger partial charge in [-0.15, -0.1) is 0 Å². The summed E-state index contributed by atoms with van der Waals surface area (Å²) >= 11 is 0. The molecule has 2 aromatic carbocycles. The number of nitrogens with two attached hydrogens (primary N) is 2. The molecule has 0 bridgehead atoms. The lowest BCUT2D eigenvalue weighted by molar-refractivity contribution is -0.688. The van der Waals surface area contributed by atoms with Crippen LogP contribution >= 0.6 is 0 Å². The third-order valence-electron chi connectivity index (χ3n) is 9.33. The first-order valence-corrected chi connectivity index (χ1v) is 18.6. The van der Waals surface area contributed by atoms with Crippen molar-refractivity contribution < 1.29 is 14.2 Å². The fraction of sp³-hybridized carbons (Fsp3) is 0.488. The molecule has 1 aromatic heterocycles. The Hall–Kier alpha value is -3.89. The van der Waals surface area contributed by atoms with Crippen molar-refractivity contribution in [1.82, 2.24) is 20.9 Å². The minimum Gasteiger partial charge on any atom is -0.350 e. The molecule has 9 nitrogen and oxygen atoms in total. The van der Waals surface area contributed by atoms with Gasteiger partial charge in [-0.3, -0.25) is 9.59 Å². The van der Waals surface area contributed by atoms with Crippen molar-refractivity contribution in [3.05, 3.63) is 108 Å². The number of nitrogens with one attached hydrogen (secondary N) is 3. The maximum Gasteiger partial charge on any atom is 0.244 e. The van der Waals surface area contributed by atoms with Crippen molar-refractivity contribution in [2.45, 2.75) is 89.5 Å². The summed E-state index contributed by atoms with van der Waals surface area (Å²) in [4.78, 5) is 28.5. The molecule has 0 saturated carbocycles. The van der Waals surface area contributed by atoms with Crippen LogP contribution in [0.15, 0.2) is 91.3 Å². The van der Waals surface area contributed by atoms with Crippen molar-refractivity contribution in [1.29, 1.82) is 0 Å². The summed E-state index contributed by atoms with van der Waals surface area (Å²) in [6.45, 7) is 8.55. The van der Waals surface area contributed by atoms with Gasteiger partial charge in [0.05, 0.1) is 6.04 Å². The SMILES string of the molecule is CC(C)CC(CNC(CCCCN)C(=O)N1CCC(NC(=O)/C=C/c2cc[n+](Cc3ccccc3)cc2)CC1)NCC(N)Cc1ccccc1. The molecule has 3 aromatic rings. The zero-order chi connectivity index (χ0) is 35.6. The van der Waals surface area contributed by atoms with Crippen LogP contribution in [-0.4, -0.2) is 73.6 Å². The summed E-state index contributed by atoms with van der Waals surface area (Å²) in [5.41, 5.74) is 15.7. The number of rotatable bonds is 20. The number of hydrogen-bond donors (Lipinski definition) is 5. The largest absolute Gasteiger partial charge is 0.350 e. The van der Waals surface area contributed by atoms with Crippen LogP contribution in [0.5, 0.6) is 0 Å². The smallest absolute Gasteiger partial charge is 0.244 e. The molecule has 2 heterocycles. The maximum atomic E-state index is 13.8. The van der Waals surface area contributed by atoms with E-state index in [9.17, 15) is 9.59 Å². The van der Waals surface area contributed by atoms with Crippen LogP contribution in [0.2, 0.25) is 0 Å². The average Bonchev–Trinajstić information content (AvgIpc) is 3.12. The van der Waals surface area contributed by atoms with E-state index in [1.54, 1.807) is 6.08 Å². The minimum absolute atomic E-state index is 0.0159. The Labute approximate surface area is 299 Å². The summed E-state index contributed by atoms with van der Waals surface area (Å²) in [5, 5.41) is 10.5. The molecule has 50 heavy (non-hydrogen) atoms. The van der Waals surface area contributed by atoms with Crippen molar-refractivity contribution in [3.63, 3.8) is 0 Å². The molecule has 1 aliphatic rings. The Morgan fingerprint density at radius 2 is 1.56 bits per heavy atom. The normalized spacial score (nSPS) is 15.7. The second kappa shape index (κ2) is 21.4. The molecule has 1 saturated heterocycles. The Morgan fingerprint density at radius 1 is 0.900 bits per heavy atom. The van der Waals surface area contributed by atoms with Gasteiger partial charge in [-0.25, -0.2) is 4.57 Å². The fourth-order valence-corrected chi connectivity index (χ4v) is 6.57. The molecule has 1 aliphatic heterocycles. The molecular weight excluding hydrogens is 622 g/mol. The standard InChI is InChI=1S/C41H59N7O2/c1-32(2)27-38(44-29-36(43)28-34-11-5-3-6-12-34)30-45-39(15-9-10-22-42)41(50)48-25-20-37(21-26-48)46-40(49)17-16-33-18-23-47(24-19-33)31-35-13-7-4-8-14-35/h3-8,11-14,16-19,23-24,32,36-39,44-45H,9-10,15,20-22,25-31,42-43H2,1-2H3/p+1/b17-16+. The second-order valence-electron chi connectivity index (χ2n) is 14.2. The number of pyridine rings is 1. The molecule has 2 amide bonds. The molecule has 270 valence electrons. The lowest BCUT2D eigenvalue weighted by Gasteiger charge is -2.35. The summed E-state index contributed by atoms with van der Waals surface area (Å²) in [7, 11) is 0. The maximum absolute atomic E-state index is 13.8. The molecule has 0 radical (unpaired) electrons. The Morgan fingerprint density at radius 3 is 2.20 bits per heavy atom. The van der Waals surface area contributed by atoms with Gasteiger partial charge in [0.15, 0.2) is 18.9 Å². The first-order valence-electron chi connectivity index (χ1n) is 18.6. The number of benzene rings is 2. The van der Waals surface area contributed by atoms with Crippen molar-refractivity contribution in [2.24, 2.45) is 17.4 Å². The third kappa shape index (κ3) is 14.2. The average molecular weight is 683 g/mol. The molecule has 0 spiro atoms. The zero-order valence-electron chi connectivity index (χ0n) is 30.2. The molecule has 4 rings (SSSR count). The van der Waals surface area contributed by atoms with Crippen LogP contribution in [0.4, 0.5) is 0 Å². The van der Waals surface area contributed by atoms with E-state index in [2.05, 4.69) is 58.6 Å². The van der Waals surface area contributed by atoms with Crippen LogP contribution in [0.3, 0.4) is 0 Å². The number of piperidine rings is 1. The predicted molar refractivity (Wildman–Crippen MR) is 203 cm³/mol. The van der Waals surface area contributed by atoms with E-state index in [0.29, 0.717) is 38.6 Å². The summed E-state index contributed by atoms with van der Waals surface area (Å²) in [6.07, 6.45) is 13.3. The van der Waals surface area contributed by atoms with E-state index >= 15 is 0 Å². The van der Waals surface area contributed by atoms with E-state index in [0.717, 1.165) is 57.1 Å². The number of unbranched alkanes of at least 4 members (excludes halogenated alkanes) is 1. The van der Waals surface area contributed by atoms with Gasteiger partial charge >= 0.3 is 0 Å². The first kappa shape index (κ1) is 38.9. The predicted octanol–water partition coefficient (Wildman–Crippen LogP) is 3.80. The number of hydrogen-bond acceptors (Lipinski definition) is 6. The highest BCUT2D eigenvalue weighted by atomic mass is 16.2. The Balaban J connectivity index is 1.23. The number of nitrogens with zero attached hydrogens (tertiary/aromatic N) is 2. The van der Waals surface area contributed by atoms with Crippen LogP contribution in [0, 0.1) is 5.92 Å². The van der Waals surface area contributed by atoms with Crippen LogP contribution in [0.25, 0.3) is 6.08 Å². The quantitative estimate of drug-likeness (QED) is 0.0701. The molecule has 3 atom stereocenters. The first-order chi connectivity index (χ1) is 24.3. The topological polar surface area (TPSA) is 129 Å². The minimum atomic E-state index is -0.262. The highest BCUT2D eigenvalue weighted by molar-refractivity contribution is 5.91. The van der Waals surface area contributed by atoms with Crippen molar-refractivity contribution in [3.8, 4) is 0 Å². The van der Waals surface area contributed by atoms with Gasteiger partial charge < -0.3 is 32.3 Å². The molecule has 7 N–H and O–H groups in total. The summed E-state index contributed by atoms with van der Waals surface area (Å²) in [5.74, 6) is 0.549. The Bertz CT molecular complexity index is 1420. The third-order valence-corrected chi connectivity index (χ3v) is 9.33. The number of amides is 2. The molecule has 3 unspecified atom stereocenters. The molecular formula is C41H60N7O2+. The van der Waals surface area contributed by atoms with Gasteiger partial charge in [0.1, 0.15) is 0 Å². The van der Waals surface area contributed by atoms with E-state index in [-0.39, 0.29) is 36.0 Å². The molecule has 0 aliphatic carbocycles. The van der Waals surface area contributed by atoms with Crippen LogP contribution in [0.1, 0.15) is 69.1 Å². The van der Waals surface area contributed by atoms with Gasteiger partial charge in [0, 0.05) is 68.1 Å². The number of carbonyl (C=O) groups is 2. The van der Waals surface area contributed by atoms with E-state index in [1.807, 2.05) is 71.9 Å². The second-order valence-corrected chi connectivity index (χ2v) is 14.2. The monoisotopic (exact) mass is 682 g/mol. The zero-order valence-corrected chi connectivity index (χ0v) is 30.2. The number of aromatic nitrogens is 1. The number of carbonyl (C=O) groups excluding carboxylic acids is 2. The van der Waals surface area contributed by atoms with Gasteiger partial charge in [-0.2, -0.15) is 0 Å². The van der Waals surface area contributed by atoms with Gasteiger partial charge in [-0.1, -0.05) is 80.9 Å². The number of likely N-dealkylation sites (tertiary alicyclic amines) is 1. The fourth-order valence-electron chi connectivity index (χ4n) is 6.57. The molecule has 1 fully saturated rings. The molecule has 9 heteroatoms. The summed E-state index contributed by atoms with van der Waals surface area (Å²) < 4.78 is 2.12. The van der Waals surface area contributed by atoms with E-state index in [4.69, 9.17) is 11.5 Å². The van der Waals surface area contributed by atoms with Gasteiger partial charge in [0.25, 0.3) is 0 Å². The van der Waals surface area contributed by atoms with Gasteiger partial charge in [0.2, 0.25) is 11.8 Å². The lowest BCUT2D eigenvalue weighted by Crippen LogP contribution is -2.54. The van der Waals surface area contributed by atoms with E-state index < -0.39 is 0 Å². The highest BCUT2D eigenvalue weighted by Crippen LogP contribution is 2.15. The van der Waals surface area contributed by atoms with Crippen molar-refractivity contribution >= 4 is 17.9 Å². The van der Waals surface area contributed by atoms with Gasteiger partial charge in [-0.05, 0) is 68.2 Å². The van der Waals surface area contributed by atoms with Crippen LogP contribution < -0.4 is 32.0 Å². The van der Waals surface area contributed by atoms with Crippen molar-refractivity contribution in [2.75, 3.05) is 32.7 Å².